The molecular formula is C16H20N2O. The van der Waals surface area contributed by atoms with Crippen molar-refractivity contribution in [3.05, 3.63) is 40.8 Å². The number of allylic oxidation sites excluding steroid dienone is 2. The van der Waals surface area contributed by atoms with Crippen LogP contribution in [0.3, 0.4) is 0 Å². The molecular weight excluding hydrogens is 236 g/mol. The molecule has 0 atom stereocenters. The third-order valence-electron chi connectivity index (χ3n) is 3.85. The maximum absolute atomic E-state index is 12.7. The molecule has 0 aliphatic heterocycles. The lowest BCUT2D eigenvalue weighted by Gasteiger charge is -2.13. The number of hydrogen-bond donors (Lipinski definition) is 0. The Bertz CT molecular complexity index is 688. The molecule has 1 heterocycles. The molecule has 100 valence electrons. The largest absolute Gasteiger partial charge is 0.333 e. The molecule has 0 spiro atoms. The fraction of sp³-hybridized carbons (Fsp3) is 0.438. The van der Waals surface area contributed by atoms with Gasteiger partial charge in [0.2, 0.25) is 0 Å². The SMILES string of the molecule is CC(C)n1c(=O)n(C2=CCCCC2)c2ccccc21. The summed E-state index contributed by atoms with van der Waals surface area (Å²) in [5.41, 5.74) is 3.35. The molecule has 0 N–H and O–H groups in total. The van der Waals surface area contributed by atoms with Crippen LogP contribution in [0.1, 0.15) is 45.6 Å². The van der Waals surface area contributed by atoms with E-state index < -0.39 is 0 Å². The fourth-order valence-electron chi connectivity index (χ4n) is 2.97. The van der Waals surface area contributed by atoms with Crippen molar-refractivity contribution in [3.63, 3.8) is 0 Å². The van der Waals surface area contributed by atoms with Crippen molar-refractivity contribution in [2.24, 2.45) is 0 Å². The van der Waals surface area contributed by atoms with Gasteiger partial charge in [0.1, 0.15) is 0 Å². The second-order valence-corrected chi connectivity index (χ2v) is 5.51. The van der Waals surface area contributed by atoms with Crippen LogP contribution in [0.25, 0.3) is 16.7 Å². The summed E-state index contributed by atoms with van der Waals surface area (Å²) in [6, 6.07) is 8.27. The zero-order chi connectivity index (χ0) is 13.4. The third kappa shape index (κ3) is 1.93. The van der Waals surface area contributed by atoms with Crippen LogP contribution in [-0.2, 0) is 0 Å². The van der Waals surface area contributed by atoms with Gasteiger partial charge in [-0.05, 0) is 51.7 Å². The molecule has 19 heavy (non-hydrogen) atoms. The minimum atomic E-state index is 0.101. The molecule has 3 rings (SSSR count). The average Bonchev–Trinajstić information content (AvgIpc) is 2.71. The second kappa shape index (κ2) is 4.72. The van der Waals surface area contributed by atoms with E-state index in [0.717, 1.165) is 23.9 Å². The summed E-state index contributed by atoms with van der Waals surface area (Å²) in [7, 11) is 0. The summed E-state index contributed by atoms with van der Waals surface area (Å²) in [5, 5.41) is 0. The van der Waals surface area contributed by atoms with Crippen molar-refractivity contribution >= 4 is 16.7 Å². The molecule has 3 heteroatoms. The number of nitrogens with zero attached hydrogens (tertiary/aromatic N) is 2. The Morgan fingerprint density at radius 2 is 1.84 bits per heavy atom. The van der Waals surface area contributed by atoms with Gasteiger partial charge < -0.3 is 0 Å². The predicted octanol–water partition coefficient (Wildman–Crippen LogP) is 3.80. The van der Waals surface area contributed by atoms with Gasteiger partial charge in [0, 0.05) is 11.7 Å². The van der Waals surface area contributed by atoms with Gasteiger partial charge in [-0.1, -0.05) is 18.2 Å². The Morgan fingerprint density at radius 3 is 2.47 bits per heavy atom. The molecule has 0 fully saturated rings. The Labute approximate surface area is 113 Å². The number of fused-ring (bicyclic) bond motifs is 1. The summed E-state index contributed by atoms with van der Waals surface area (Å²) in [4.78, 5) is 12.7. The number of rotatable bonds is 2. The lowest BCUT2D eigenvalue weighted by atomic mass is 10.0. The summed E-state index contributed by atoms with van der Waals surface area (Å²) < 4.78 is 3.80. The molecule has 1 aromatic heterocycles. The topological polar surface area (TPSA) is 26.9 Å². The minimum absolute atomic E-state index is 0.101. The molecule has 2 aromatic rings. The van der Waals surface area contributed by atoms with Crippen LogP contribution in [0.2, 0.25) is 0 Å². The summed E-state index contributed by atoms with van der Waals surface area (Å²) in [6.07, 6.45) is 6.73. The zero-order valence-electron chi connectivity index (χ0n) is 11.6. The highest BCUT2D eigenvalue weighted by Crippen LogP contribution is 2.25. The normalized spacial score (nSPS) is 16.1. The quantitative estimate of drug-likeness (QED) is 0.803. The van der Waals surface area contributed by atoms with Crippen LogP contribution in [0.5, 0.6) is 0 Å². The van der Waals surface area contributed by atoms with E-state index in [1.54, 1.807) is 0 Å². The van der Waals surface area contributed by atoms with E-state index >= 15 is 0 Å². The maximum Gasteiger partial charge on any atom is 0.333 e. The summed E-state index contributed by atoms with van der Waals surface area (Å²) in [6.45, 7) is 4.13. The van der Waals surface area contributed by atoms with Gasteiger partial charge in [0.15, 0.2) is 0 Å². The van der Waals surface area contributed by atoms with Gasteiger partial charge >= 0.3 is 5.69 Å². The Hall–Kier alpha value is -1.77. The monoisotopic (exact) mass is 256 g/mol. The number of benzene rings is 1. The third-order valence-corrected chi connectivity index (χ3v) is 3.85. The molecule has 0 saturated carbocycles. The number of aromatic nitrogens is 2. The summed E-state index contributed by atoms with van der Waals surface area (Å²) in [5.74, 6) is 0. The second-order valence-electron chi connectivity index (χ2n) is 5.51. The first-order chi connectivity index (χ1) is 9.20. The van der Waals surface area contributed by atoms with Crippen molar-refractivity contribution in [2.75, 3.05) is 0 Å². The summed E-state index contributed by atoms with van der Waals surface area (Å²) >= 11 is 0. The van der Waals surface area contributed by atoms with E-state index in [4.69, 9.17) is 0 Å². The van der Waals surface area contributed by atoms with Gasteiger partial charge in [0.05, 0.1) is 11.0 Å². The number of imidazole rings is 1. The molecule has 0 saturated heterocycles. The van der Waals surface area contributed by atoms with Crippen LogP contribution in [0.4, 0.5) is 0 Å². The minimum Gasteiger partial charge on any atom is -0.289 e. The van der Waals surface area contributed by atoms with Crippen LogP contribution in [0.15, 0.2) is 35.1 Å². The molecule has 1 aromatic carbocycles. The maximum atomic E-state index is 12.7. The van der Waals surface area contributed by atoms with Crippen molar-refractivity contribution in [1.29, 1.82) is 0 Å². The lowest BCUT2D eigenvalue weighted by Crippen LogP contribution is -2.25. The first-order valence-corrected chi connectivity index (χ1v) is 7.11. The lowest BCUT2D eigenvalue weighted by molar-refractivity contribution is 0.588. The molecule has 1 aliphatic carbocycles. The van der Waals surface area contributed by atoms with Crippen molar-refractivity contribution < 1.29 is 0 Å². The van der Waals surface area contributed by atoms with E-state index in [1.807, 2.05) is 33.4 Å². The first kappa shape index (κ1) is 12.3. The molecule has 0 bridgehead atoms. The smallest absolute Gasteiger partial charge is 0.289 e. The van der Waals surface area contributed by atoms with Crippen LogP contribution >= 0.6 is 0 Å². The van der Waals surface area contributed by atoms with Gasteiger partial charge in [0.25, 0.3) is 0 Å². The van der Waals surface area contributed by atoms with Crippen molar-refractivity contribution in [3.8, 4) is 0 Å². The van der Waals surface area contributed by atoms with Crippen LogP contribution < -0.4 is 5.69 Å². The number of hydrogen-bond acceptors (Lipinski definition) is 1. The van der Waals surface area contributed by atoms with Gasteiger partial charge in [-0.25, -0.2) is 4.79 Å². The predicted molar refractivity (Wildman–Crippen MR) is 79.3 cm³/mol. The van der Waals surface area contributed by atoms with Gasteiger partial charge in [-0.2, -0.15) is 0 Å². The van der Waals surface area contributed by atoms with Crippen LogP contribution in [-0.4, -0.2) is 9.13 Å². The van der Waals surface area contributed by atoms with E-state index in [2.05, 4.69) is 19.9 Å². The zero-order valence-corrected chi connectivity index (χ0v) is 11.6. The van der Waals surface area contributed by atoms with Crippen LogP contribution in [0, 0.1) is 0 Å². The van der Waals surface area contributed by atoms with Crippen molar-refractivity contribution in [2.45, 2.75) is 45.6 Å². The van der Waals surface area contributed by atoms with Gasteiger partial charge in [-0.3, -0.25) is 9.13 Å². The Balaban J connectivity index is 2.33. The molecule has 0 radical (unpaired) electrons. The van der Waals surface area contributed by atoms with E-state index in [0.29, 0.717) is 0 Å². The standard InChI is InChI=1S/C16H20N2O/c1-12(2)17-14-10-6-7-11-15(14)18(16(17)19)13-8-4-3-5-9-13/h6-8,10-12H,3-5,9H2,1-2H3. The molecule has 0 unspecified atom stereocenters. The highest BCUT2D eigenvalue weighted by atomic mass is 16.1. The molecule has 1 aliphatic rings. The molecule has 0 amide bonds. The highest BCUT2D eigenvalue weighted by molar-refractivity contribution is 5.80. The Morgan fingerprint density at radius 1 is 1.11 bits per heavy atom. The highest BCUT2D eigenvalue weighted by Gasteiger charge is 2.18. The average molecular weight is 256 g/mol. The molecule has 3 nitrogen and oxygen atoms in total. The number of para-hydroxylation sites is 2. The van der Waals surface area contributed by atoms with E-state index in [-0.39, 0.29) is 11.7 Å². The van der Waals surface area contributed by atoms with Crippen molar-refractivity contribution in [1.82, 2.24) is 9.13 Å². The van der Waals surface area contributed by atoms with E-state index in [1.165, 1.54) is 18.5 Å². The van der Waals surface area contributed by atoms with Gasteiger partial charge in [-0.15, -0.1) is 0 Å². The Kier molecular flexibility index (Phi) is 3.05. The van der Waals surface area contributed by atoms with E-state index in [9.17, 15) is 4.79 Å². The fourth-order valence-corrected chi connectivity index (χ4v) is 2.97. The first-order valence-electron chi connectivity index (χ1n) is 7.11.